The van der Waals surface area contributed by atoms with Crippen LogP contribution in [0.1, 0.15) is 21.7 Å². The lowest BCUT2D eigenvalue weighted by atomic mass is 10.2. The Morgan fingerprint density at radius 3 is 2.85 bits per heavy atom. The smallest absolute Gasteiger partial charge is 0.263 e. The van der Waals surface area contributed by atoms with E-state index in [1.807, 2.05) is 6.07 Å². The fraction of sp³-hybridized carbons (Fsp3) is 0.0870. The summed E-state index contributed by atoms with van der Waals surface area (Å²) in [4.78, 5) is 36.9. The second-order valence-electron chi connectivity index (χ2n) is 7.28. The zero-order valence-electron chi connectivity index (χ0n) is 17.2. The van der Waals surface area contributed by atoms with E-state index in [0.29, 0.717) is 17.1 Å². The van der Waals surface area contributed by atoms with Gasteiger partial charge in [-0.2, -0.15) is 4.98 Å². The summed E-state index contributed by atoms with van der Waals surface area (Å²) in [5.41, 5.74) is 1.66. The Kier molecular flexibility index (Phi) is 5.23. The van der Waals surface area contributed by atoms with Gasteiger partial charge < -0.3 is 19.4 Å². The van der Waals surface area contributed by atoms with Gasteiger partial charge in [-0.1, -0.05) is 17.3 Å². The molecule has 1 amide bonds. The molecule has 2 N–H and O–H groups in total. The number of hydrogen-bond acceptors (Lipinski definition) is 6. The number of halogens is 1. The Morgan fingerprint density at radius 2 is 2.00 bits per heavy atom. The SMILES string of the molecule is O=C(NCc1noc(-c2c[nH]c3ncccc23)n1)c1cccn(Cc2ccc(F)cc2)c1=O. The van der Waals surface area contributed by atoms with Crippen molar-refractivity contribution >= 4 is 16.9 Å². The van der Waals surface area contributed by atoms with Crippen LogP contribution in [-0.2, 0) is 13.1 Å². The van der Waals surface area contributed by atoms with Crippen molar-refractivity contribution in [3.05, 3.63) is 100 Å². The molecule has 0 radical (unpaired) electrons. The predicted molar refractivity (Wildman–Crippen MR) is 117 cm³/mol. The molecule has 0 fully saturated rings. The number of amides is 1. The van der Waals surface area contributed by atoms with E-state index in [9.17, 15) is 14.0 Å². The van der Waals surface area contributed by atoms with Crippen LogP contribution >= 0.6 is 0 Å². The summed E-state index contributed by atoms with van der Waals surface area (Å²) in [6, 6.07) is 12.6. The van der Waals surface area contributed by atoms with E-state index in [1.165, 1.54) is 22.8 Å². The Balaban J connectivity index is 1.29. The van der Waals surface area contributed by atoms with Crippen LogP contribution in [0.25, 0.3) is 22.5 Å². The molecule has 164 valence electrons. The number of nitrogens with zero attached hydrogens (tertiary/aromatic N) is 4. The summed E-state index contributed by atoms with van der Waals surface area (Å²) in [6.45, 7) is 0.198. The molecular formula is C23H17FN6O3. The summed E-state index contributed by atoms with van der Waals surface area (Å²) in [5, 5.41) is 7.38. The fourth-order valence-electron chi connectivity index (χ4n) is 3.44. The number of pyridine rings is 2. The first-order valence-electron chi connectivity index (χ1n) is 10.1. The molecule has 5 aromatic rings. The predicted octanol–water partition coefficient (Wildman–Crippen LogP) is 2.89. The van der Waals surface area contributed by atoms with Gasteiger partial charge in [0.05, 0.1) is 18.7 Å². The van der Waals surface area contributed by atoms with Crippen LogP contribution in [-0.4, -0.2) is 30.6 Å². The molecule has 9 nitrogen and oxygen atoms in total. The number of aromatic nitrogens is 5. The average molecular weight is 444 g/mol. The molecule has 0 saturated heterocycles. The molecule has 0 saturated carbocycles. The van der Waals surface area contributed by atoms with E-state index in [-0.39, 0.29) is 30.3 Å². The lowest BCUT2D eigenvalue weighted by Gasteiger charge is -2.08. The van der Waals surface area contributed by atoms with Crippen molar-refractivity contribution < 1.29 is 13.7 Å². The van der Waals surface area contributed by atoms with E-state index in [2.05, 4.69) is 25.4 Å². The van der Waals surface area contributed by atoms with Crippen LogP contribution in [0.5, 0.6) is 0 Å². The van der Waals surface area contributed by atoms with Gasteiger partial charge in [0.25, 0.3) is 17.4 Å². The zero-order valence-corrected chi connectivity index (χ0v) is 17.2. The molecule has 4 aromatic heterocycles. The van der Waals surface area contributed by atoms with Gasteiger partial charge in [0.2, 0.25) is 0 Å². The first-order chi connectivity index (χ1) is 16.1. The number of H-pyrrole nitrogens is 1. The Labute approximate surface area is 185 Å². The van der Waals surface area contributed by atoms with Crippen LogP contribution in [0.15, 0.2) is 76.4 Å². The Hall–Kier alpha value is -4.60. The van der Waals surface area contributed by atoms with Gasteiger partial charge in [0.1, 0.15) is 17.0 Å². The Morgan fingerprint density at radius 1 is 1.15 bits per heavy atom. The number of fused-ring (bicyclic) bond motifs is 1. The fourth-order valence-corrected chi connectivity index (χ4v) is 3.44. The van der Waals surface area contributed by atoms with E-state index < -0.39 is 11.5 Å². The molecule has 5 rings (SSSR count). The summed E-state index contributed by atoms with van der Waals surface area (Å²) in [7, 11) is 0. The molecule has 0 aliphatic heterocycles. The molecule has 0 unspecified atom stereocenters. The molecular weight excluding hydrogens is 427 g/mol. The molecule has 10 heteroatoms. The van der Waals surface area contributed by atoms with Gasteiger partial charge in [0, 0.05) is 24.0 Å². The summed E-state index contributed by atoms with van der Waals surface area (Å²) < 4.78 is 19.8. The van der Waals surface area contributed by atoms with Crippen molar-refractivity contribution in [3.63, 3.8) is 0 Å². The minimum atomic E-state index is -0.559. The Bertz CT molecular complexity index is 1500. The minimum Gasteiger partial charge on any atom is -0.345 e. The van der Waals surface area contributed by atoms with Crippen molar-refractivity contribution in [1.82, 2.24) is 30.0 Å². The third-order valence-corrected chi connectivity index (χ3v) is 5.09. The van der Waals surface area contributed by atoms with Crippen LogP contribution in [0.2, 0.25) is 0 Å². The van der Waals surface area contributed by atoms with Crippen LogP contribution in [0.3, 0.4) is 0 Å². The maximum absolute atomic E-state index is 13.1. The van der Waals surface area contributed by atoms with E-state index in [4.69, 9.17) is 4.52 Å². The van der Waals surface area contributed by atoms with Crippen molar-refractivity contribution in [2.45, 2.75) is 13.1 Å². The largest absolute Gasteiger partial charge is 0.345 e. The third kappa shape index (κ3) is 4.13. The normalized spacial score (nSPS) is 11.1. The number of benzene rings is 1. The minimum absolute atomic E-state index is 0.0186. The number of carbonyl (C=O) groups excluding carboxylic acids is 1. The lowest BCUT2D eigenvalue weighted by molar-refractivity contribution is 0.0947. The number of hydrogen-bond donors (Lipinski definition) is 2. The molecule has 33 heavy (non-hydrogen) atoms. The topological polar surface area (TPSA) is 119 Å². The number of nitrogens with one attached hydrogen (secondary N) is 2. The second kappa shape index (κ2) is 8.50. The molecule has 0 atom stereocenters. The van der Waals surface area contributed by atoms with E-state index >= 15 is 0 Å². The number of rotatable bonds is 6. The first-order valence-corrected chi connectivity index (χ1v) is 10.1. The highest BCUT2D eigenvalue weighted by Crippen LogP contribution is 2.25. The van der Waals surface area contributed by atoms with Crippen LogP contribution in [0, 0.1) is 5.82 Å². The lowest BCUT2D eigenvalue weighted by Crippen LogP contribution is -2.32. The highest BCUT2D eigenvalue weighted by atomic mass is 19.1. The molecule has 0 spiro atoms. The quantitative estimate of drug-likeness (QED) is 0.416. The highest BCUT2D eigenvalue weighted by molar-refractivity contribution is 5.93. The van der Waals surface area contributed by atoms with Gasteiger partial charge in [-0.15, -0.1) is 0 Å². The van der Waals surface area contributed by atoms with Gasteiger partial charge in [-0.3, -0.25) is 9.59 Å². The summed E-state index contributed by atoms with van der Waals surface area (Å²) in [6.07, 6.45) is 4.97. The third-order valence-electron chi connectivity index (χ3n) is 5.09. The van der Waals surface area contributed by atoms with Gasteiger partial charge in [-0.25, -0.2) is 9.37 Å². The van der Waals surface area contributed by atoms with Crippen LogP contribution in [0.4, 0.5) is 4.39 Å². The maximum Gasteiger partial charge on any atom is 0.263 e. The van der Waals surface area contributed by atoms with E-state index in [0.717, 1.165) is 10.9 Å². The van der Waals surface area contributed by atoms with Gasteiger partial charge >= 0.3 is 0 Å². The standard InChI is InChI=1S/C23H17FN6O3/c24-15-7-5-14(6-8-15)13-30-10-2-4-17(23(30)32)21(31)27-12-19-28-22(33-29-19)18-11-26-20-16(18)3-1-9-25-20/h1-11H,12-13H2,(H,25,26)(H,27,31). The van der Waals surface area contributed by atoms with Crippen molar-refractivity contribution in [3.8, 4) is 11.5 Å². The zero-order chi connectivity index (χ0) is 22.8. The van der Waals surface area contributed by atoms with E-state index in [1.54, 1.807) is 42.9 Å². The molecule has 4 heterocycles. The van der Waals surface area contributed by atoms with Gasteiger partial charge in [0.15, 0.2) is 5.82 Å². The number of aromatic amines is 1. The highest BCUT2D eigenvalue weighted by Gasteiger charge is 2.16. The molecule has 0 bridgehead atoms. The van der Waals surface area contributed by atoms with Crippen LogP contribution < -0.4 is 10.9 Å². The average Bonchev–Trinajstić information content (AvgIpc) is 3.47. The molecule has 0 aliphatic carbocycles. The molecule has 0 aliphatic rings. The maximum atomic E-state index is 13.1. The monoisotopic (exact) mass is 444 g/mol. The summed E-state index contributed by atoms with van der Waals surface area (Å²) >= 11 is 0. The molecule has 1 aromatic carbocycles. The second-order valence-corrected chi connectivity index (χ2v) is 7.28. The summed E-state index contributed by atoms with van der Waals surface area (Å²) in [5.74, 6) is -0.361. The van der Waals surface area contributed by atoms with Crippen molar-refractivity contribution in [2.75, 3.05) is 0 Å². The van der Waals surface area contributed by atoms with Crippen molar-refractivity contribution in [1.29, 1.82) is 0 Å². The first kappa shape index (κ1) is 20.3. The number of carbonyl (C=O) groups is 1. The van der Waals surface area contributed by atoms with Crippen molar-refractivity contribution in [2.24, 2.45) is 0 Å². The van der Waals surface area contributed by atoms with Gasteiger partial charge in [-0.05, 0) is 42.0 Å².